The van der Waals surface area contributed by atoms with Gasteiger partial charge >= 0.3 is 5.69 Å². The second kappa shape index (κ2) is 9.48. The van der Waals surface area contributed by atoms with E-state index in [9.17, 15) is 14.4 Å². The molecule has 0 aliphatic rings. The Kier molecular flexibility index (Phi) is 6.49. The number of nitrogens with one attached hydrogen (secondary N) is 2. The molecule has 0 aliphatic heterocycles. The third kappa shape index (κ3) is 5.25. The summed E-state index contributed by atoms with van der Waals surface area (Å²) < 4.78 is 1.34. The fourth-order valence-corrected chi connectivity index (χ4v) is 3.69. The van der Waals surface area contributed by atoms with Gasteiger partial charge in [-0.3, -0.25) is 19.1 Å². The van der Waals surface area contributed by atoms with Crippen LogP contribution >= 0.6 is 23.2 Å². The number of H-pyrrole nitrogens is 1. The van der Waals surface area contributed by atoms with Crippen LogP contribution < -0.4 is 16.6 Å². The molecule has 33 heavy (non-hydrogen) atoms. The van der Waals surface area contributed by atoms with Gasteiger partial charge in [0.05, 0.1) is 22.2 Å². The standard InChI is InChI=1S/C25H19Cl2N3O3/c1-15-14-30(25(33)29-24(15)32)20-8-6-19(7-9-20)28-23(31)12-16-3-2-4-17(11-16)18-5-10-21(26)22(27)13-18/h2-11,13-14H,12H2,1H3,(H,28,31)(H,29,32,33). The summed E-state index contributed by atoms with van der Waals surface area (Å²) in [6, 6.07) is 19.9. The molecule has 0 bridgehead atoms. The summed E-state index contributed by atoms with van der Waals surface area (Å²) in [7, 11) is 0. The number of hydrogen-bond donors (Lipinski definition) is 2. The van der Waals surface area contributed by atoms with E-state index in [4.69, 9.17) is 23.2 Å². The Balaban J connectivity index is 1.46. The summed E-state index contributed by atoms with van der Waals surface area (Å²) in [6.45, 7) is 1.62. The highest BCUT2D eigenvalue weighted by Crippen LogP contribution is 2.29. The molecule has 0 fully saturated rings. The molecule has 3 aromatic carbocycles. The SMILES string of the molecule is Cc1cn(-c2ccc(NC(=O)Cc3cccc(-c4ccc(Cl)c(Cl)c4)c3)cc2)c(=O)[nH]c1=O. The molecule has 0 unspecified atom stereocenters. The fraction of sp³-hybridized carbons (Fsp3) is 0.0800. The van der Waals surface area contributed by atoms with E-state index >= 15 is 0 Å². The molecular formula is C25H19Cl2N3O3. The van der Waals surface area contributed by atoms with Crippen molar-refractivity contribution in [3.05, 3.63) is 115 Å². The van der Waals surface area contributed by atoms with Gasteiger partial charge in [0.1, 0.15) is 0 Å². The highest BCUT2D eigenvalue weighted by molar-refractivity contribution is 6.42. The summed E-state index contributed by atoms with van der Waals surface area (Å²) in [5, 5.41) is 3.82. The number of carbonyl (C=O) groups is 1. The molecule has 1 heterocycles. The normalized spacial score (nSPS) is 10.8. The predicted molar refractivity (Wildman–Crippen MR) is 132 cm³/mol. The van der Waals surface area contributed by atoms with E-state index in [1.807, 2.05) is 30.3 Å². The maximum Gasteiger partial charge on any atom is 0.332 e. The minimum absolute atomic E-state index is 0.175. The first-order valence-corrected chi connectivity index (χ1v) is 10.8. The van der Waals surface area contributed by atoms with Crippen LogP contribution in [0.3, 0.4) is 0 Å². The number of benzene rings is 3. The van der Waals surface area contributed by atoms with Crippen molar-refractivity contribution < 1.29 is 4.79 Å². The number of anilines is 1. The van der Waals surface area contributed by atoms with Gasteiger partial charge in [-0.25, -0.2) is 4.79 Å². The van der Waals surface area contributed by atoms with Gasteiger partial charge in [0, 0.05) is 17.4 Å². The number of hydrogen-bond acceptors (Lipinski definition) is 3. The average molecular weight is 480 g/mol. The van der Waals surface area contributed by atoms with Crippen molar-refractivity contribution in [2.75, 3.05) is 5.32 Å². The van der Waals surface area contributed by atoms with Crippen molar-refractivity contribution in [2.24, 2.45) is 0 Å². The first-order valence-electron chi connectivity index (χ1n) is 10.1. The molecule has 0 saturated heterocycles. The van der Waals surface area contributed by atoms with Crippen molar-refractivity contribution in [2.45, 2.75) is 13.3 Å². The molecule has 0 spiro atoms. The highest BCUT2D eigenvalue weighted by Gasteiger charge is 2.08. The molecule has 8 heteroatoms. The molecule has 166 valence electrons. The van der Waals surface area contributed by atoms with Crippen LogP contribution in [0.2, 0.25) is 10.0 Å². The highest BCUT2D eigenvalue weighted by atomic mass is 35.5. The van der Waals surface area contributed by atoms with Gasteiger partial charge < -0.3 is 5.32 Å². The molecule has 1 amide bonds. The molecule has 0 radical (unpaired) electrons. The van der Waals surface area contributed by atoms with E-state index < -0.39 is 11.2 Å². The molecule has 6 nitrogen and oxygen atoms in total. The zero-order valence-electron chi connectivity index (χ0n) is 17.6. The van der Waals surface area contributed by atoms with Crippen LogP contribution in [0.25, 0.3) is 16.8 Å². The molecule has 0 saturated carbocycles. The number of rotatable bonds is 5. The maximum absolute atomic E-state index is 12.6. The van der Waals surface area contributed by atoms with Crippen LogP contribution in [0.1, 0.15) is 11.1 Å². The number of aryl methyl sites for hydroxylation is 1. The Labute approximate surface area is 199 Å². The number of aromatic amines is 1. The summed E-state index contributed by atoms with van der Waals surface area (Å²) >= 11 is 12.1. The van der Waals surface area contributed by atoms with Gasteiger partial charge in [-0.05, 0) is 60.0 Å². The lowest BCUT2D eigenvalue weighted by molar-refractivity contribution is -0.115. The monoisotopic (exact) mass is 479 g/mol. The topological polar surface area (TPSA) is 84.0 Å². The van der Waals surface area contributed by atoms with Crippen molar-refractivity contribution in [3.63, 3.8) is 0 Å². The largest absolute Gasteiger partial charge is 0.332 e. The van der Waals surface area contributed by atoms with E-state index in [1.165, 1.54) is 10.8 Å². The number of halogens is 2. The van der Waals surface area contributed by atoms with Crippen LogP contribution in [-0.4, -0.2) is 15.5 Å². The number of nitrogens with zero attached hydrogens (tertiary/aromatic N) is 1. The lowest BCUT2D eigenvalue weighted by atomic mass is 10.0. The average Bonchev–Trinajstić information content (AvgIpc) is 2.79. The molecule has 4 rings (SSSR count). The lowest BCUT2D eigenvalue weighted by Gasteiger charge is -2.10. The second-order valence-electron chi connectivity index (χ2n) is 7.54. The van der Waals surface area contributed by atoms with Crippen LogP contribution in [0.15, 0.2) is 82.5 Å². The molecule has 2 N–H and O–H groups in total. The van der Waals surface area contributed by atoms with Crippen molar-refractivity contribution in [1.29, 1.82) is 0 Å². The first-order chi connectivity index (χ1) is 15.8. The van der Waals surface area contributed by atoms with Gasteiger partial charge in [-0.15, -0.1) is 0 Å². The van der Waals surface area contributed by atoms with Gasteiger partial charge in [-0.2, -0.15) is 0 Å². The van der Waals surface area contributed by atoms with Crippen LogP contribution in [0, 0.1) is 6.92 Å². The quantitative estimate of drug-likeness (QED) is 0.422. The fourth-order valence-electron chi connectivity index (χ4n) is 3.39. The minimum Gasteiger partial charge on any atom is -0.326 e. The summed E-state index contributed by atoms with van der Waals surface area (Å²) in [6.07, 6.45) is 1.67. The smallest absolute Gasteiger partial charge is 0.326 e. The van der Waals surface area contributed by atoms with E-state index in [-0.39, 0.29) is 12.3 Å². The predicted octanol–water partition coefficient (Wildman–Crippen LogP) is 4.99. The van der Waals surface area contributed by atoms with E-state index in [0.29, 0.717) is 27.0 Å². The van der Waals surface area contributed by atoms with Gasteiger partial charge in [0.2, 0.25) is 5.91 Å². The molecule has 0 atom stereocenters. The Morgan fingerprint density at radius 3 is 2.39 bits per heavy atom. The lowest BCUT2D eigenvalue weighted by Crippen LogP contribution is -2.29. The zero-order chi connectivity index (χ0) is 23.5. The minimum atomic E-state index is -0.524. The van der Waals surface area contributed by atoms with Crippen molar-refractivity contribution >= 4 is 34.8 Å². The Bertz CT molecular complexity index is 1460. The third-order valence-electron chi connectivity index (χ3n) is 5.09. The third-order valence-corrected chi connectivity index (χ3v) is 5.83. The second-order valence-corrected chi connectivity index (χ2v) is 8.36. The molecule has 4 aromatic rings. The molecule has 0 aliphatic carbocycles. The first kappa shape index (κ1) is 22.6. The van der Waals surface area contributed by atoms with E-state index in [0.717, 1.165) is 16.7 Å². The van der Waals surface area contributed by atoms with Gasteiger partial charge in [-0.1, -0.05) is 53.5 Å². The van der Waals surface area contributed by atoms with Crippen molar-refractivity contribution in [3.8, 4) is 16.8 Å². The number of aromatic nitrogens is 2. The molecule has 1 aromatic heterocycles. The van der Waals surface area contributed by atoms with Crippen molar-refractivity contribution in [1.82, 2.24) is 9.55 Å². The van der Waals surface area contributed by atoms with Crippen LogP contribution in [0.4, 0.5) is 5.69 Å². The number of amides is 1. The number of carbonyl (C=O) groups excluding carboxylic acids is 1. The summed E-state index contributed by atoms with van der Waals surface area (Å²) in [5.41, 5.74) is 3.36. The Morgan fingerprint density at radius 2 is 1.67 bits per heavy atom. The Morgan fingerprint density at radius 1 is 0.939 bits per heavy atom. The van der Waals surface area contributed by atoms with Crippen LogP contribution in [-0.2, 0) is 11.2 Å². The summed E-state index contributed by atoms with van der Waals surface area (Å²) in [4.78, 5) is 38.4. The van der Waals surface area contributed by atoms with Gasteiger partial charge in [0.15, 0.2) is 0 Å². The zero-order valence-corrected chi connectivity index (χ0v) is 19.1. The van der Waals surface area contributed by atoms with Crippen LogP contribution in [0.5, 0.6) is 0 Å². The van der Waals surface area contributed by atoms with E-state index in [1.54, 1.807) is 43.3 Å². The van der Waals surface area contributed by atoms with E-state index in [2.05, 4.69) is 10.3 Å². The molecular weight excluding hydrogens is 461 g/mol. The Hall–Kier alpha value is -3.61. The van der Waals surface area contributed by atoms with Gasteiger partial charge in [0.25, 0.3) is 5.56 Å². The summed E-state index contributed by atoms with van der Waals surface area (Å²) in [5.74, 6) is -0.175. The maximum atomic E-state index is 12.6.